The lowest BCUT2D eigenvalue weighted by Crippen LogP contribution is -2.27. The number of nitrogens with zero attached hydrogens (tertiary/aromatic N) is 1. The molecule has 1 saturated heterocycles. The Labute approximate surface area is 186 Å². The summed E-state index contributed by atoms with van der Waals surface area (Å²) in [5.74, 6) is 1.09. The van der Waals surface area contributed by atoms with Crippen LogP contribution in [-0.4, -0.2) is 24.7 Å². The number of carbonyl (C=O) groups is 2. The first kappa shape index (κ1) is 21.0. The predicted molar refractivity (Wildman–Crippen MR) is 126 cm³/mol. The normalized spacial score (nSPS) is 15.7. The second kappa shape index (κ2) is 9.27. The Hall–Kier alpha value is -3.25. The maximum absolute atomic E-state index is 12.6. The minimum Gasteiger partial charge on any atom is -0.497 e. The monoisotopic (exact) mass is 432 g/mol. The number of hydrogen-bond donors (Lipinski definition) is 1. The van der Waals surface area contributed by atoms with Crippen LogP contribution >= 0.6 is 11.8 Å². The summed E-state index contributed by atoms with van der Waals surface area (Å²) >= 11 is 1.61. The van der Waals surface area contributed by atoms with Gasteiger partial charge in [0.25, 0.3) is 5.91 Å². The van der Waals surface area contributed by atoms with Gasteiger partial charge in [0, 0.05) is 16.9 Å². The summed E-state index contributed by atoms with van der Waals surface area (Å²) in [5.41, 5.74) is 4.45. The molecule has 0 aliphatic carbocycles. The molecule has 0 aromatic heterocycles. The van der Waals surface area contributed by atoms with E-state index in [-0.39, 0.29) is 17.2 Å². The number of nitrogens with one attached hydrogen (secondary N) is 1. The molecule has 5 nitrogen and oxygen atoms in total. The van der Waals surface area contributed by atoms with Crippen LogP contribution in [0.4, 0.5) is 11.4 Å². The molecule has 3 aromatic carbocycles. The van der Waals surface area contributed by atoms with Crippen molar-refractivity contribution in [2.75, 3.05) is 23.1 Å². The van der Waals surface area contributed by atoms with Crippen molar-refractivity contribution >= 4 is 35.0 Å². The van der Waals surface area contributed by atoms with E-state index in [9.17, 15) is 9.59 Å². The van der Waals surface area contributed by atoms with E-state index in [0.29, 0.717) is 22.8 Å². The number of amides is 2. The first-order valence-electron chi connectivity index (χ1n) is 10.2. The highest BCUT2D eigenvalue weighted by Crippen LogP contribution is 2.42. The zero-order chi connectivity index (χ0) is 21.8. The van der Waals surface area contributed by atoms with E-state index in [1.165, 1.54) is 5.56 Å². The fourth-order valence-electron chi connectivity index (χ4n) is 3.52. The zero-order valence-electron chi connectivity index (χ0n) is 17.5. The highest BCUT2D eigenvalue weighted by Gasteiger charge is 2.33. The third-order valence-electron chi connectivity index (χ3n) is 5.30. The lowest BCUT2D eigenvalue weighted by Gasteiger charge is -2.24. The first-order chi connectivity index (χ1) is 15.1. The molecule has 1 heterocycles. The minimum atomic E-state index is -0.182. The van der Waals surface area contributed by atoms with E-state index in [1.54, 1.807) is 43.1 Å². The van der Waals surface area contributed by atoms with E-state index >= 15 is 0 Å². The lowest BCUT2D eigenvalue weighted by molar-refractivity contribution is -0.115. The van der Waals surface area contributed by atoms with Gasteiger partial charge in [0.2, 0.25) is 5.91 Å². The van der Waals surface area contributed by atoms with Crippen LogP contribution in [0, 0.1) is 0 Å². The van der Waals surface area contributed by atoms with Crippen molar-refractivity contribution in [3.8, 4) is 5.75 Å². The summed E-state index contributed by atoms with van der Waals surface area (Å²) in [6.45, 7) is 2.11. The third kappa shape index (κ3) is 4.59. The Morgan fingerprint density at radius 3 is 2.32 bits per heavy atom. The summed E-state index contributed by atoms with van der Waals surface area (Å²) in [6, 6.07) is 22.8. The van der Waals surface area contributed by atoms with Crippen LogP contribution in [0.25, 0.3) is 0 Å². The lowest BCUT2D eigenvalue weighted by atomic mass is 10.1. The minimum absolute atomic E-state index is 0.0775. The van der Waals surface area contributed by atoms with Crippen molar-refractivity contribution in [2.45, 2.75) is 18.7 Å². The molecule has 0 spiro atoms. The number of hydrogen-bond acceptors (Lipinski definition) is 4. The van der Waals surface area contributed by atoms with Crippen LogP contribution in [0.3, 0.4) is 0 Å². The van der Waals surface area contributed by atoms with Crippen molar-refractivity contribution in [2.24, 2.45) is 0 Å². The Morgan fingerprint density at radius 1 is 1.03 bits per heavy atom. The fraction of sp³-hybridized carbons (Fsp3) is 0.200. The number of rotatable bonds is 6. The number of thioether (sulfide) groups is 1. The van der Waals surface area contributed by atoms with Crippen molar-refractivity contribution < 1.29 is 14.3 Å². The zero-order valence-corrected chi connectivity index (χ0v) is 18.3. The summed E-state index contributed by atoms with van der Waals surface area (Å²) < 4.78 is 5.13. The van der Waals surface area contributed by atoms with Gasteiger partial charge in [0.05, 0.1) is 12.9 Å². The van der Waals surface area contributed by atoms with Crippen LogP contribution in [-0.2, 0) is 11.2 Å². The van der Waals surface area contributed by atoms with Gasteiger partial charge in [-0.05, 0) is 66.1 Å². The molecule has 1 unspecified atom stereocenters. The number of carbonyl (C=O) groups excluding carboxylic acids is 2. The Morgan fingerprint density at radius 2 is 1.71 bits per heavy atom. The maximum atomic E-state index is 12.6. The molecule has 3 aromatic rings. The van der Waals surface area contributed by atoms with Gasteiger partial charge in [-0.3, -0.25) is 14.5 Å². The summed E-state index contributed by atoms with van der Waals surface area (Å²) in [4.78, 5) is 26.9. The van der Waals surface area contributed by atoms with Gasteiger partial charge in [0.15, 0.2) is 0 Å². The van der Waals surface area contributed by atoms with Gasteiger partial charge in [-0.25, -0.2) is 0 Å². The molecule has 4 rings (SSSR count). The summed E-state index contributed by atoms with van der Waals surface area (Å²) in [6.07, 6.45) is 0.968. The molecule has 2 amide bonds. The average molecular weight is 433 g/mol. The smallest absolute Gasteiger partial charge is 0.255 e. The number of methoxy groups -OCH3 is 1. The van der Waals surface area contributed by atoms with E-state index in [1.807, 2.05) is 41.3 Å². The van der Waals surface area contributed by atoms with Gasteiger partial charge < -0.3 is 10.1 Å². The van der Waals surface area contributed by atoms with Gasteiger partial charge in [-0.1, -0.05) is 31.2 Å². The molecule has 1 N–H and O–H groups in total. The van der Waals surface area contributed by atoms with E-state index in [4.69, 9.17) is 4.74 Å². The molecule has 1 atom stereocenters. The Bertz CT molecular complexity index is 1060. The third-order valence-corrected chi connectivity index (χ3v) is 6.51. The van der Waals surface area contributed by atoms with E-state index < -0.39 is 0 Å². The molecule has 6 heteroatoms. The van der Waals surface area contributed by atoms with Crippen LogP contribution in [0.15, 0.2) is 72.8 Å². The van der Waals surface area contributed by atoms with E-state index in [0.717, 1.165) is 17.7 Å². The number of aryl methyl sites for hydroxylation is 1. The van der Waals surface area contributed by atoms with Crippen molar-refractivity contribution in [3.63, 3.8) is 0 Å². The van der Waals surface area contributed by atoms with Gasteiger partial charge in [0.1, 0.15) is 11.1 Å². The summed E-state index contributed by atoms with van der Waals surface area (Å²) in [5, 5.41) is 2.83. The molecule has 0 radical (unpaired) electrons. The molecular formula is C25H24N2O3S. The molecule has 1 fully saturated rings. The Balaban J connectivity index is 1.48. The largest absolute Gasteiger partial charge is 0.497 e. The van der Waals surface area contributed by atoms with Crippen LogP contribution < -0.4 is 15.0 Å². The van der Waals surface area contributed by atoms with Gasteiger partial charge >= 0.3 is 0 Å². The maximum Gasteiger partial charge on any atom is 0.255 e. The SMILES string of the molecule is CCc1ccc(N2C(=O)CSC2c2ccc(NC(=O)c3ccc(OC)cc3)cc2)cc1. The van der Waals surface area contributed by atoms with Crippen LogP contribution in [0.1, 0.15) is 33.8 Å². The summed E-state index contributed by atoms with van der Waals surface area (Å²) in [7, 11) is 1.59. The number of anilines is 2. The Kier molecular flexibility index (Phi) is 6.28. The first-order valence-corrected chi connectivity index (χ1v) is 11.2. The van der Waals surface area contributed by atoms with Crippen molar-refractivity contribution in [1.82, 2.24) is 0 Å². The molecule has 158 valence electrons. The molecule has 1 aliphatic heterocycles. The molecule has 1 aliphatic rings. The fourth-order valence-corrected chi connectivity index (χ4v) is 4.70. The van der Waals surface area contributed by atoms with Gasteiger partial charge in [-0.15, -0.1) is 11.8 Å². The number of benzene rings is 3. The second-order valence-electron chi connectivity index (χ2n) is 7.25. The van der Waals surface area contributed by atoms with Crippen LogP contribution in [0.2, 0.25) is 0 Å². The van der Waals surface area contributed by atoms with Crippen LogP contribution in [0.5, 0.6) is 5.75 Å². The van der Waals surface area contributed by atoms with Crippen molar-refractivity contribution in [1.29, 1.82) is 0 Å². The topological polar surface area (TPSA) is 58.6 Å². The standard InChI is InChI=1S/C25H24N2O3S/c1-3-17-4-12-21(13-5-17)27-23(28)16-31-25(27)19-6-10-20(11-7-19)26-24(29)18-8-14-22(30-2)15-9-18/h4-15,25H,3,16H2,1-2H3,(H,26,29). The average Bonchev–Trinajstić information content (AvgIpc) is 3.21. The second-order valence-corrected chi connectivity index (χ2v) is 8.32. The predicted octanol–water partition coefficient (Wildman–Crippen LogP) is 5.29. The molecule has 0 bridgehead atoms. The number of ether oxygens (including phenoxy) is 1. The molecule has 0 saturated carbocycles. The quantitative estimate of drug-likeness (QED) is 0.575. The van der Waals surface area contributed by atoms with E-state index in [2.05, 4.69) is 24.4 Å². The molecule has 31 heavy (non-hydrogen) atoms. The van der Waals surface area contributed by atoms with Gasteiger partial charge in [-0.2, -0.15) is 0 Å². The highest BCUT2D eigenvalue weighted by molar-refractivity contribution is 8.00. The van der Waals surface area contributed by atoms with Crippen molar-refractivity contribution in [3.05, 3.63) is 89.5 Å². The highest BCUT2D eigenvalue weighted by atomic mass is 32.2. The molecular weight excluding hydrogens is 408 g/mol.